The maximum atomic E-state index is 15.0. The first-order valence-electron chi connectivity index (χ1n) is 13.1. The quantitative estimate of drug-likeness (QED) is 0.404. The van der Waals surface area contributed by atoms with Gasteiger partial charge in [0, 0.05) is 13.2 Å². The third-order valence-electron chi connectivity index (χ3n) is 7.25. The standard InChI is InChI=1S/C28H32F4N4O3/c1-3-21-19(5-4-12-33-21)26(38)35-25(24(17-7-8-17)18-9-10-18)27(39)34-22-11-6-16(13-20(22)29)14-23(37)36(2)15-28(30,31)32/h4-6,11-13,17-18,24-25H,3,7-10,14-15H2,1-2H3,(H,34,39)(H,35,38). The maximum absolute atomic E-state index is 15.0. The van der Waals surface area contributed by atoms with Crippen molar-refractivity contribution in [2.45, 2.75) is 57.7 Å². The zero-order valence-electron chi connectivity index (χ0n) is 21.9. The number of halogens is 4. The van der Waals surface area contributed by atoms with Gasteiger partial charge in [0.25, 0.3) is 5.91 Å². The molecule has 2 aliphatic rings. The predicted octanol–water partition coefficient (Wildman–Crippen LogP) is 4.52. The minimum atomic E-state index is -4.54. The summed E-state index contributed by atoms with van der Waals surface area (Å²) in [6, 6.07) is 6.12. The molecule has 2 fully saturated rings. The summed E-state index contributed by atoms with van der Waals surface area (Å²) in [6.45, 7) is 0.479. The SMILES string of the molecule is CCc1ncccc1C(=O)NC(C(=O)Nc1ccc(CC(=O)N(C)CC(F)(F)F)cc1F)C(C1CC1)C1CC1. The first-order valence-corrected chi connectivity index (χ1v) is 13.1. The van der Waals surface area contributed by atoms with Crippen LogP contribution in [0, 0.1) is 23.6 Å². The molecule has 1 aromatic heterocycles. The number of rotatable bonds is 11. The highest BCUT2D eigenvalue weighted by Gasteiger charge is 2.48. The summed E-state index contributed by atoms with van der Waals surface area (Å²) in [5.41, 5.74) is 1.03. The fourth-order valence-corrected chi connectivity index (χ4v) is 5.02. The van der Waals surface area contributed by atoms with Crippen LogP contribution in [-0.4, -0.2) is 53.4 Å². The molecule has 0 spiro atoms. The van der Waals surface area contributed by atoms with Crippen molar-refractivity contribution in [3.8, 4) is 0 Å². The number of aromatic nitrogens is 1. The van der Waals surface area contributed by atoms with Crippen LogP contribution in [0.5, 0.6) is 0 Å². The summed E-state index contributed by atoms with van der Waals surface area (Å²) in [5.74, 6) is -2.05. The second-order valence-corrected chi connectivity index (χ2v) is 10.4. The van der Waals surface area contributed by atoms with E-state index in [-0.39, 0.29) is 17.2 Å². The number of amides is 3. The number of nitrogens with one attached hydrogen (secondary N) is 2. The average Bonchev–Trinajstić information content (AvgIpc) is 3.79. The predicted molar refractivity (Wildman–Crippen MR) is 136 cm³/mol. The van der Waals surface area contributed by atoms with Gasteiger partial charge >= 0.3 is 6.18 Å². The summed E-state index contributed by atoms with van der Waals surface area (Å²) in [4.78, 5) is 43.6. The fraction of sp³-hybridized carbons (Fsp3) is 0.500. The second-order valence-electron chi connectivity index (χ2n) is 10.4. The molecule has 1 heterocycles. The van der Waals surface area contributed by atoms with Gasteiger partial charge in [0.15, 0.2) is 0 Å². The normalized spacial score (nSPS) is 16.1. The van der Waals surface area contributed by atoms with Crippen LogP contribution in [0.4, 0.5) is 23.2 Å². The summed E-state index contributed by atoms with van der Waals surface area (Å²) in [7, 11) is 1.03. The Morgan fingerprint density at radius 1 is 1.10 bits per heavy atom. The molecule has 0 saturated heterocycles. The molecule has 0 radical (unpaired) electrons. The Morgan fingerprint density at radius 3 is 2.33 bits per heavy atom. The number of carbonyl (C=O) groups excluding carboxylic acids is 3. The number of anilines is 1. The van der Waals surface area contributed by atoms with Crippen molar-refractivity contribution < 1.29 is 31.9 Å². The summed E-state index contributed by atoms with van der Waals surface area (Å²) in [6.07, 6.45) is 1.05. The van der Waals surface area contributed by atoms with Crippen LogP contribution in [0.25, 0.3) is 0 Å². The molecular formula is C28H32F4N4O3. The third-order valence-corrected chi connectivity index (χ3v) is 7.25. The van der Waals surface area contributed by atoms with Gasteiger partial charge in [-0.25, -0.2) is 4.39 Å². The van der Waals surface area contributed by atoms with Crippen molar-refractivity contribution in [1.82, 2.24) is 15.2 Å². The molecule has 2 N–H and O–H groups in total. The van der Waals surface area contributed by atoms with E-state index in [9.17, 15) is 31.9 Å². The van der Waals surface area contributed by atoms with Crippen molar-refractivity contribution in [2.75, 3.05) is 18.9 Å². The average molecular weight is 549 g/mol. The van der Waals surface area contributed by atoms with E-state index in [1.165, 1.54) is 12.1 Å². The molecule has 1 atom stereocenters. The van der Waals surface area contributed by atoms with Gasteiger partial charge in [0.05, 0.1) is 23.4 Å². The molecule has 210 valence electrons. The lowest BCUT2D eigenvalue weighted by atomic mass is 9.88. The van der Waals surface area contributed by atoms with Crippen LogP contribution in [0.2, 0.25) is 0 Å². The van der Waals surface area contributed by atoms with Crippen LogP contribution < -0.4 is 10.6 Å². The van der Waals surface area contributed by atoms with Crippen LogP contribution in [0.1, 0.15) is 54.2 Å². The number of pyridine rings is 1. The molecule has 1 aromatic carbocycles. The molecule has 1 unspecified atom stereocenters. The lowest BCUT2D eigenvalue weighted by molar-refractivity contribution is -0.157. The van der Waals surface area contributed by atoms with Crippen LogP contribution >= 0.6 is 0 Å². The van der Waals surface area contributed by atoms with Gasteiger partial charge in [-0.05, 0) is 79.7 Å². The molecule has 2 saturated carbocycles. The molecule has 2 aromatic rings. The molecular weight excluding hydrogens is 516 g/mol. The Morgan fingerprint density at radius 2 is 1.77 bits per heavy atom. The smallest absolute Gasteiger partial charge is 0.340 e. The van der Waals surface area contributed by atoms with E-state index in [1.54, 1.807) is 18.3 Å². The highest BCUT2D eigenvalue weighted by Crippen LogP contribution is 2.51. The number of hydrogen-bond acceptors (Lipinski definition) is 4. The van der Waals surface area contributed by atoms with Crippen molar-refractivity contribution in [1.29, 1.82) is 0 Å². The lowest BCUT2D eigenvalue weighted by Crippen LogP contribution is -2.50. The zero-order valence-corrected chi connectivity index (χ0v) is 21.9. The molecule has 0 aliphatic heterocycles. The molecule has 39 heavy (non-hydrogen) atoms. The van der Waals surface area contributed by atoms with Gasteiger partial charge in [0.2, 0.25) is 11.8 Å². The first-order chi connectivity index (χ1) is 18.5. The number of likely N-dealkylation sites (N-methyl/N-ethyl adjacent to an activating group) is 1. The molecule has 0 bridgehead atoms. The van der Waals surface area contributed by atoms with Crippen molar-refractivity contribution >= 4 is 23.4 Å². The topological polar surface area (TPSA) is 91.4 Å². The van der Waals surface area contributed by atoms with Gasteiger partial charge in [-0.15, -0.1) is 0 Å². The number of benzene rings is 1. The second kappa shape index (κ2) is 11.7. The number of hydrogen-bond donors (Lipinski definition) is 2. The van der Waals surface area contributed by atoms with Gasteiger partial charge in [-0.2, -0.15) is 13.2 Å². The Kier molecular flexibility index (Phi) is 8.56. The Labute approximate surface area is 224 Å². The molecule has 3 amide bonds. The van der Waals surface area contributed by atoms with Crippen molar-refractivity contribution in [3.05, 3.63) is 59.2 Å². The van der Waals surface area contributed by atoms with E-state index in [4.69, 9.17) is 0 Å². The Bertz CT molecular complexity index is 1220. The minimum Gasteiger partial charge on any atom is -0.340 e. The summed E-state index contributed by atoms with van der Waals surface area (Å²) in [5, 5.41) is 5.49. The first kappa shape index (κ1) is 28.5. The number of nitrogens with zero attached hydrogens (tertiary/aromatic N) is 2. The highest BCUT2D eigenvalue weighted by molar-refractivity contribution is 6.02. The lowest BCUT2D eigenvalue weighted by Gasteiger charge is -2.28. The van der Waals surface area contributed by atoms with E-state index in [2.05, 4.69) is 15.6 Å². The molecule has 7 nitrogen and oxygen atoms in total. The molecule has 11 heteroatoms. The Hall–Kier alpha value is -3.50. The zero-order chi connectivity index (χ0) is 28.3. The van der Waals surface area contributed by atoms with Crippen LogP contribution in [0.15, 0.2) is 36.5 Å². The van der Waals surface area contributed by atoms with E-state index in [1.807, 2.05) is 6.92 Å². The van der Waals surface area contributed by atoms with Crippen molar-refractivity contribution in [2.24, 2.45) is 17.8 Å². The number of carbonyl (C=O) groups is 3. The monoisotopic (exact) mass is 548 g/mol. The molecule has 2 aliphatic carbocycles. The molecule has 4 rings (SSSR count). The van der Waals surface area contributed by atoms with E-state index in [0.717, 1.165) is 38.8 Å². The van der Waals surface area contributed by atoms with Crippen molar-refractivity contribution in [3.63, 3.8) is 0 Å². The van der Waals surface area contributed by atoms with E-state index in [0.29, 0.717) is 34.4 Å². The summed E-state index contributed by atoms with van der Waals surface area (Å²) >= 11 is 0. The van der Waals surface area contributed by atoms with Gasteiger partial charge in [-0.3, -0.25) is 19.4 Å². The third kappa shape index (κ3) is 7.54. The minimum absolute atomic E-state index is 0.0696. The highest BCUT2D eigenvalue weighted by atomic mass is 19.4. The van der Waals surface area contributed by atoms with Gasteiger partial charge in [0.1, 0.15) is 18.4 Å². The van der Waals surface area contributed by atoms with E-state index < -0.39 is 48.7 Å². The van der Waals surface area contributed by atoms with E-state index >= 15 is 0 Å². The number of alkyl halides is 3. The fourth-order valence-electron chi connectivity index (χ4n) is 5.02. The van der Waals surface area contributed by atoms with Gasteiger partial charge in [-0.1, -0.05) is 13.0 Å². The van der Waals surface area contributed by atoms with Gasteiger partial charge < -0.3 is 15.5 Å². The Balaban J connectivity index is 1.49. The summed E-state index contributed by atoms with van der Waals surface area (Å²) < 4.78 is 52.6. The maximum Gasteiger partial charge on any atom is 0.406 e. The number of aryl methyl sites for hydroxylation is 1. The van der Waals surface area contributed by atoms with Crippen LogP contribution in [-0.2, 0) is 22.4 Å². The largest absolute Gasteiger partial charge is 0.406 e. The van der Waals surface area contributed by atoms with Crippen LogP contribution in [0.3, 0.4) is 0 Å².